The van der Waals surface area contributed by atoms with Crippen molar-refractivity contribution in [2.75, 3.05) is 5.32 Å². The Balaban J connectivity index is 2.20. The van der Waals surface area contributed by atoms with Crippen molar-refractivity contribution < 1.29 is 9.90 Å². The summed E-state index contributed by atoms with van der Waals surface area (Å²) in [6.07, 6.45) is 0. The minimum Gasteiger partial charge on any atom is -0.507 e. The molecule has 0 bridgehead atoms. The number of carbonyl (C=O) groups excluding carboxylic acids is 1. The van der Waals surface area contributed by atoms with Gasteiger partial charge in [-0.2, -0.15) is 0 Å². The van der Waals surface area contributed by atoms with Crippen molar-refractivity contribution in [3.8, 4) is 5.75 Å². The summed E-state index contributed by atoms with van der Waals surface area (Å²) in [6.45, 7) is 0. The van der Waals surface area contributed by atoms with E-state index in [2.05, 4.69) is 26.2 Å². The number of halogens is 1. The number of aromatic nitrogens is 1. The summed E-state index contributed by atoms with van der Waals surface area (Å²) in [7, 11) is 0. The van der Waals surface area contributed by atoms with Crippen LogP contribution in [0.5, 0.6) is 5.75 Å². The van der Waals surface area contributed by atoms with Crippen molar-refractivity contribution in [1.29, 1.82) is 0 Å². The molecule has 4 nitrogen and oxygen atoms in total. The monoisotopic (exact) mass is 292 g/mol. The summed E-state index contributed by atoms with van der Waals surface area (Å²) in [5.41, 5.74) is 0.217. The smallest absolute Gasteiger partial charge is 0.260 e. The van der Waals surface area contributed by atoms with Crippen LogP contribution in [0, 0.1) is 0 Å². The van der Waals surface area contributed by atoms with Gasteiger partial charge in [0.15, 0.2) is 0 Å². The van der Waals surface area contributed by atoms with Crippen LogP contribution >= 0.6 is 15.9 Å². The first-order chi connectivity index (χ1) is 8.16. The number of amides is 1. The number of phenolic OH excluding ortho intramolecular Hbond substituents is 1. The van der Waals surface area contributed by atoms with E-state index in [9.17, 15) is 9.90 Å². The number of hydrogen-bond donors (Lipinski definition) is 2. The highest BCUT2D eigenvalue weighted by molar-refractivity contribution is 9.10. The van der Waals surface area contributed by atoms with Gasteiger partial charge >= 0.3 is 0 Å². The molecule has 0 unspecified atom stereocenters. The van der Waals surface area contributed by atoms with Gasteiger partial charge < -0.3 is 10.4 Å². The molecule has 0 saturated heterocycles. The van der Waals surface area contributed by atoms with E-state index < -0.39 is 5.91 Å². The second-order valence-corrected chi connectivity index (χ2v) is 4.13. The Morgan fingerprint density at radius 2 is 1.94 bits per heavy atom. The molecule has 0 saturated carbocycles. The van der Waals surface area contributed by atoms with Gasteiger partial charge in [0.1, 0.15) is 16.2 Å². The van der Waals surface area contributed by atoms with Crippen LogP contribution in [0.4, 0.5) is 5.82 Å². The third-order valence-electron chi connectivity index (χ3n) is 2.11. The molecule has 5 heteroatoms. The Hall–Kier alpha value is -1.88. The van der Waals surface area contributed by atoms with Gasteiger partial charge in [-0.1, -0.05) is 18.2 Å². The lowest BCUT2D eigenvalue weighted by Crippen LogP contribution is -2.12. The van der Waals surface area contributed by atoms with Gasteiger partial charge in [0.05, 0.1) is 5.56 Å². The maximum atomic E-state index is 11.8. The number of carbonyl (C=O) groups is 1. The molecule has 0 aliphatic carbocycles. The summed E-state index contributed by atoms with van der Waals surface area (Å²) in [6, 6.07) is 11.5. The quantitative estimate of drug-likeness (QED) is 0.837. The Kier molecular flexibility index (Phi) is 3.39. The van der Waals surface area contributed by atoms with Crippen molar-refractivity contribution in [3.05, 3.63) is 52.6 Å². The minimum atomic E-state index is -0.395. The van der Waals surface area contributed by atoms with E-state index in [1.54, 1.807) is 36.4 Å². The zero-order valence-corrected chi connectivity index (χ0v) is 10.3. The average Bonchev–Trinajstić information content (AvgIpc) is 2.29. The van der Waals surface area contributed by atoms with Crippen LogP contribution in [-0.2, 0) is 0 Å². The summed E-state index contributed by atoms with van der Waals surface area (Å²) >= 11 is 3.21. The number of nitrogens with one attached hydrogen (secondary N) is 1. The summed E-state index contributed by atoms with van der Waals surface area (Å²) in [4.78, 5) is 15.9. The van der Waals surface area contributed by atoms with Crippen molar-refractivity contribution in [1.82, 2.24) is 4.98 Å². The second-order valence-electron chi connectivity index (χ2n) is 3.32. The third-order valence-corrected chi connectivity index (χ3v) is 2.55. The van der Waals surface area contributed by atoms with Crippen molar-refractivity contribution >= 4 is 27.7 Å². The first-order valence-electron chi connectivity index (χ1n) is 4.89. The molecule has 1 aromatic heterocycles. The Morgan fingerprint density at radius 1 is 1.18 bits per heavy atom. The molecule has 2 N–H and O–H groups in total. The van der Waals surface area contributed by atoms with Crippen LogP contribution in [-0.4, -0.2) is 16.0 Å². The highest BCUT2D eigenvalue weighted by atomic mass is 79.9. The van der Waals surface area contributed by atoms with Crippen LogP contribution in [0.1, 0.15) is 10.4 Å². The number of benzene rings is 1. The normalized spacial score (nSPS) is 9.94. The van der Waals surface area contributed by atoms with Gasteiger partial charge in [0.2, 0.25) is 0 Å². The highest BCUT2D eigenvalue weighted by Crippen LogP contribution is 2.17. The number of rotatable bonds is 2. The third kappa shape index (κ3) is 2.82. The Bertz CT molecular complexity index is 558. The lowest BCUT2D eigenvalue weighted by atomic mass is 10.2. The van der Waals surface area contributed by atoms with Gasteiger partial charge in [-0.15, -0.1) is 0 Å². The topological polar surface area (TPSA) is 62.2 Å². The zero-order chi connectivity index (χ0) is 12.3. The summed E-state index contributed by atoms with van der Waals surface area (Å²) < 4.78 is 0.632. The molecule has 0 aliphatic heterocycles. The fourth-order valence-electron chi connectivity index (χ4n) is 1.33. The molecule has 0 fully saturated rings. The molecule has 0 atom stereocenters. The first-order valence-corrected chi connectivity index (χ1v) is 5.68. The van der Waals surface area contributed by atoms with Gasteiger partial charge in [0, 0.05) is 0 Å². The van der Waals surface area contributed by atoms with Crippen LogP contribution in [0.2, 0.25) is 0 Å². The maximum Gasteiger partial charge on any atom is 0.260 e. The number of pyridine rings is 1. The number of aromatic hydroxyl groups is 1. The number of nitrogens with zero attached hydrogens (tertiary/aromatic N) is 1. The standard InChI is InChI=1S/C12H9BrN2O2/c13-10-6-3-7-11(14-10)15-12(17)8-4-1-2-5-9(8)16/h1-7,16H,(H,14,15,17). The Labute approximate surface area is 106 Å². The highest BCUT2D eigenvalue weighted by Gasteiger charge is 2.10. The van der Waals surface area contributed by atoms with E-state index in [1.807, 2.05) is 0 Å². The number of hydrogen-bond acceptors (Lipinski definition) is 3. The van der Waals surface area contributed by atoms with E-state index in [1.165, 1.54) is 6.07 Å². The number of anilines is 1. The second kappa shape index (κ2) is 4.97. The van der Waals surface area contributed by atoms with E-state index in [0.29, 0.717) is 10.4 Å². The van der Waals surface area contributed by atoms with Gasteiger partial charge in [-0.05, 0) is 40.2 Å². The van der Waals surface area contributed by atoms with E-state index in [-0.39, 0.29) is 11.3 Å². The van der Waals surface area contributed by atoms with Crippen molar-refractivity contribution in [3.63, 3.8) is 0 Å². The molecule has 0 radical (unpaired) electrons. The molecule has 0 aliphatic rings. The average molecular weight is 293 g/mol. The predicted octanol–water partition coefficient (Wildman–Crippen LogP) is 2.80. The molecule has 2 aromatic rings. The maximum absolute atomic E-state index is 11.8. The van der Waals surface area contributed by atoms with E-state index in [4.69, 9.17) is 0 Å². The van der Waals surface area contributed by atoms with Crippen LogP contribution in [0.25, 0.3) is 0 Å². The number of para-hydroxylation sites is 1. The lowest BCUT2D eigenvalue weighted by molar-refractivity contribution is 0.102. The van der Waals surface area contributed by atoms with Gasteiger partial charge in [-0.25, -0.2) is 4.98 Å². The SMILES string of the molecule is O=C(Nc1cccc(Br)n1)c1ccccc1O. The van der Waals surface area contributed by atoms with E-state index >= 15 is 0 Å². The van der Waals surface area contributed by atoms with Crippen LogP contribution in [0.15, 0.2) is 47.1 Å². The lowest BCUT2D eigenvalue weighted by Gasteiger charge is -2.05. The molecule has 17 heavy (non-hydrogen) atoms. The molecule has 2 rings (SSSR count). The zero-order valence-electron chi connectivity index (χ0n) is 8.72. The van der Waals surface area contributed by atoms with E-state index in [0.717, 1.165) is 0 Å². The fraction of sp³-hybridized carbons (Fsp3) is 0. The van der Waals surface area contributed by atoms with Crippen molar-refractivity contribution in [2.24, 2.45) is 0 Å². The largest absolute Gasteiger partial charge is 0.507 e. The first kappa shape index (κ1) is 11.6. The Morgan fingerprint density at radius 3 is 2.65 bits per heavy atom. The van der Waals surface area contributed by atoms with Gasteiger partial charge in [0.25, 0.3) is 5.91 Å². The summed E-state index contributed by atoms with van der Waals surface area (Å²) in [5, 5.41) is 12.1. The molecule has 86 valence electrons. The predicted molar refractivity (Wildman–Crippen MR) is 68.0 cm³/mol. The fourth-order valence-corrected chi connectivity index (χ4v) is 1.67. The molecular formula is C12H9BrN2O2. The summed E-state index contributed by atoms with van der Waals surface area (Å²) in [5.74, 6) is -0.0266. The number of phenols is 1. The minimum absolute atomic E-state index is 0.0556. The molecule has 1 amide bonds. The van der Waals surface area contributed by atoms with Crippen molar-refractivity contribution in [2.45, 2.75) is 0 Å². The van der Waals surface area contributed by atoms with Crippen LogP contribution < -0.4 is 5.32 Å². The molecule has 0 spiro atoms. The molecule has 1 heterocycles. The van der Waals surface area contributed by atoms with Gasteiger partial charge in [-0.3, -0.25) is 4.79 Å². The van der Waals surface area contributed by atoms with Crippen LogP contribution in [0.3, 0.4) is 0 Å². The molecule has 1 aromatic carbocycles. The molecular weight excluding hydrogens is 284 g/mol.